The molecule has 0 spiro atoms. The van der Waals surface area contributed by atoms with Gasteiger partial charge in [-0.2, -0.15) is 4.98 Å². The lowest BCUT2D eigenvalue weighted by Crippen LogP contribution is -2.26. The molecule has 0 aliphatic rings. The van der Waals surface area contributed by atoms with E-state index in [1.807, 2.05) is 12.1 Å². The van der Waals surface area contributed by atoms with Gasteiger partial charge in [-0.15, -0.1) is 0 Å². The zero-order valence-electron chi connectivity index (χ0n) is 14.8. The van der Waals surface area contributed by atoms with E-state index in [1.54, 1.807) is 0 Å². The lowest BCUT2D eigenvalue weighted by molar-refractivity contribution is -0.121. The second-order valence-corrected chi connectivity index (χ2v) is 5.60. The minimum Gasteiger partial charge on any atom is -0.478 e. The number of aromatic nitrogens is 1. The highest BCUT2D eigenvalue weighted by Crippen LogP contribution is 2.23. The average Bonchev–Trinajstić information content (AvgIpc) is 2.56. The summed E-state index contributed by atoms with van der Waals surface area (Å²) in [4.78, 5) is 17.9. The molecule has 0 unspecified atom stereocenters. The molecule has 136 valence electrons. The first-order valence-corrected chi connectivity index (χ1v) is 8.63. The Morgan fingerprint density at radius 1 is 1.33 bits per heavy atom. The van der Waals surface area contributed by atoms with Gasteiger partial charge >= 0.3 is 0 Å². The molecule has 1 heterocycles. The predicted molar refractivity (Wildman–Crippen MR) is 96.3 cm³/mol. The van der Waals surface area contributed by atoms with Crippen LogP contribution in [0.1, 0.15) is 39.5 Å². The highest BCUT2D eigenvalue weighted by atomic mass is 16.5. The molecule has 0 bridgehead atoms. The molecular formula is C17H30N4O3. The molecule has 0 saturated heterocycles. The number of nitrogens with one attached hydrogen (secondary N) is 1. The van der Waals surface area contributed by atoms with Crippen LogP contribution in [0.25, 0.3) is 0 Å². The lowest BCUT2D eigenvalue weighted by atomic mass is 10.3. The number of nitrogen functional groups attached to an aromatic ring is 1. The fraction of sp³-hybridized carbons (Fsp3) is 0.647. The molecule has 7 heteroatoms. The maximum Gasteiger partial charge on any atom is 0.220 e. The van der Waals surface area contributed by atoms with Gasteiger partial charge in [0.25, 0.3) is 0 Å². The van der Waals surface area contributed by atoms with Gasteiger partial charge in [0, 0.05) is 43.9 Å². The average molecular weight is 338 g/mol. The van der Waals surface area contributed by atoms with Crippen LogP contribution in [0.2, 0.25) is 0 Å². The van der Waals surface area contributed by atoms with E-state index in [0.717, 1.165) is 31.6 Å². The third kappa shape index (κ3) is 7.50. The molecular weight excluding hydrogens is 308 g/mol. The summed E-state index contributed by atoms with van der Waals surface area (Å²) < 4.78 is 5.64. The van der Waals surface area contributed by atoms with E-state index in [0.29, 0.717) is 31.1 Å². The van der Waals surface area contributed by atoms with Crippen molar-refractivity contribution in [2.24, 2.45) is 0 Å². The third-order valence-corrected chi connectivity index (χ3v) is 3.39. The van der Waals surface area contributed by atoms with Crippen LogP contribution in [0.15, 0.2) is 12.1 Å². The van der Waals surface area contributed by atoms with Crippen LogP contribution >= 0.6 is 0 Å². The largest absolute Gasteiger partial charge is 0.478 e. The monoisotopic (exact) mass is 338 g/mol. The van der Waals surface area contributed by atoms with Gasteiger partial charge in [0.1, 0.15) is 5.82 Å². The number of ether oxygens (including phenoxy) is 1. The Kier molecular flexibility index (Phi) is 9.60. The number of nitrogens with zero attached hydrogens (tertiary/aromatic N) is 2. The van der Waals surface area contributed by atoms with E-state index in [2.05, 4.69) is 29.0 Å². The van der Waals surface area contributed by atoms with Crippen LogP contribution in [0.3, 0.4) is 0 Å². The standard InChI is InChI=1S/C17H30N4O3/c1-3-8-21(9-4-2)14-12-15(18)20-17(13-14)24-11-5-6-16(23)19-7-10-22/h12-13,22H,3-11H2,1-2H3,(H2,18,20)(H,19,23). The van der Waals surface area contributed by atoms with E-state index in [9.17, 15) is 4.79 Å². The van der Waals surface area contributed by atoms with Gasteiger partial charge in [-0.05, 0) is 19.3 Å². The van der Waals surface area contributed by atoms with Gasteiger partial charge in [0.2, 0.25) is 11.8 Å². The van der Waals surface area contributed by atoms with Crippen molar-refractivity contribution < 1.29 is 14.6 Å². The maximum absolute atomic E-state index is 11.4. The van der Waals surface area contributed by atoms with Gasteiger partial charge in [-0.25, -0.2) is 0 Å². The van der Waals surface area contributed by atoms with E-state index in [4.69, 9.17) is 15.6 Å². The Balaban J connectivity index is 2.54. The molecule has 4 N–H and O–H groups in total. The van der Waals surface area contributed by atoms with Crippen LogP contribution in [0.5, 0.6) is 5.88 Å². The molecule has 0 atom stereocenters. The minimum absolute atomic E-state index is 0.0513. The van der Waals surface area contributed by atoms with Crippen molar-refractivity contribution in [1.82, 2.24) is 10.3 Å². The van der Waals surface area contributed by atoms with E-state index >= 15 is 0 Å². The first-order chi connectivity index (χ1) is 11.6. The maximum atomic E-state index is 11.4. The summed E-state index contributed by atoms with van der Waals surface area (Å²) in [6, 6.07) is 3.76. The number of pyridine rings is 1. The number of anilines is 2. The molecule has 0 aromatic carbocycles. The quantitative estimate of drug-likeness (QED) is 0.500. The van der Waals surface area contributed by atoms with E-state index < -0.39 is 0 Å². The van der Waals surface area contributed by atoms with Crippen LogP contribution in [-0.2, 0) is 4.79 Å². The minimum atomic E-state index is -0.0917. The van der Waals surface area contributed by atoms with Crippen molar-refractivity contribution in [2.45, 2.75) is 39.5 Å². The number of rotatable bonds is 12. The zero-order chi connectivity index (χ0) is 17.8. The van der Waals surface area contributed by atoms with E-state index in [-0.39, 0.29) is 19.1 Å². The highest BCUT2D eigenvalue weighted by Gasteiger charge is 2.09. The summed E-state index contributed by atoms with van der Waals surface area (Å²) >= 11 is 0. The normalized spacial score (nSPS) is 10.5. The Morgan fingerprint density at radius 2 is 2.04 bits per heavy atom. The SMILES string of the molecule is CCCN(CCC)c1cc(N)nc(OCCCC(=O)NCCO)c1. The van der Waals surface area contributed by atoms with Crippen molar-refractivity contribution in [3.63, 3.8) is 0 Å². The summed E-state index contributed by atoms with van der Waals surface area (Å²) in [7, 11) is 0. The second kappa shape index (κ2) is 11.5. The number of hydrogen-bond acceptors (Lipinski definition) is 6. The molecule has 0 saturated carbocycles. The third-order valence-electron chi connectivity index (χ3n) is 3.39. The summed E-state index contributed by atoms with van der Waals surface area (Å²) in [6.07, 6.45) is 3.05. The summed E-state index contributed by atoms with van der Waals surface area (Å²) in [5.41, 5.74) is 6.91. The number of hydrogen-bond donors (Lipinski definition) is 3. The first kappa shape index (κ1) is 20.0. The number of carbonyl (C=O) groups excluding carboxylic acids is 1. The fourth-order valence-electron chi connectivity index (χ4n) is 2.37. The van der Waals surface area contributed by atoms with E-state index in [1.165, 1.54) is 0 Å². The number of amides is 1. The molecule has 1 amide bonds. The number of aliphatic hydroxyl groups is 1. The van der Waals surface area contributed by atoms with Crippen molar-refractivity contribution in [3.8, 4) is 5.88 Å². The molecule has 1 rings (SSSR count). The molecule has 0 aliphatic carbocycles. The lowest BCUT2D eigenvalue weighted by Gasteiger charge is -2.24. The van der Waals surface area contributed by atoms with Gasteiger partial charge in [0.05, 0.1) is 13.2 Å². The fourth-order valence-corrected chi connectivity index (χ4v) is 2.37. The van der Waals surface area contributed by atoms with Gasteiger partial charge in [0.15, 0.2) is 0 Å². The van der Waals surface area contributed by atoms with Crippen LogP contribution in [0, 0.1) is 0 Å². The van der Waals surface area contributed by atoms with Gasteiger partial charge in [-0.3, -0.25) is 4.79 Å². The Hall–Kier alpha value is -2.02. The molecule has 1 aromatic rings. The topological polar surface area (TPSA) is 101 Å². The zero-order valence-corrected chi connectivity index (χ0v) is 14.8. The summed E-state index contributed by atoms with van der Waals surface area (Å²) in [5.74, 6) is 0.823. The first-order valence-electron chi connectivity index (χ1n) is 8.63. The molecule has 0 radical (unpaired) electrons. The number of aliphatic hydroxyl groups excluding tert-OH is 1. The van der Waals surface area contributed by atoms with Gasteiger partial charge in [-0.1, -0.05) is 13.8 Å². The van der Waals surface area contributed by atoms with Crippen LogP contribution < -0.4 is 20.7 Å². The molecule has 0 fully saturated rings. The Morgan fingerprint density at radius 3 is 2.67 bits per heavy atom. The molecule has 24 heavy (non-hydrogen) atoms. The molecule has 7 nitrogen and oxygen atoms in total. The van der Waals surface area contributed by atoms with Crippen molar-refractivity contribution in [3.05, 3.63) is 12.1 Å². The second-order valence-electron chi connectivity index (χ2n) is 5.60. The van der Waals surface area contributed by atoms with Gasteiger partial charge < -0.3 is 25.8 Å². The Bertz CT molecular complexity index is 491. The number of nitrogens with two attached hydrogens (primary N) is 1. The smallest absolute Gasteiger partial charge is 0.220 e. The highest BCUT2D eigenvalue weighted by molar-refractivity contribution is 5.75. The Labute approximate surface area is 144 Å². The van der Waals surface area contributed by atoms with Crippen molar-refractivity contribution in [1.29, 1.82) is 0 Å². The molecule has 1 aromatic heterocycles. The molecule has 0 aliphatic heterocycles. The summed E-state index contributed by atoms with van der Waals surface area (Å²) in [5, 5.41) is 11.3. The van der Waals surface area contributed by atoms with Crippen LogP contribution in [-0.4, -0.2) is 48.8 Å². The van der Waals surface area contributed by atoms with Crippen molar-refractivity contribution in [2.75, 3.05) is 43.5 Å². The van der Waals surface area contributed by atoms with Crippen LogP contribution in [0.4, 0.5) is 11.5 Å². The number of carbonyl (C=O) groups is 1. The summed E-state index contributed by atoms with van der Waals surface area (Å²) in [6.45, 7) is 6.83. The van der Waals surface area contributed by atoms with Crippen molar-refractivity contribution >= 4 is 17.4 Å². The predicted octanol–water partition coefficient (Wildman–Crippen LogP) is 1.56.